The lowest BCUT2D eigenvalue weighted by Crippen LogP contribution is -2.64. The van der Waals surface area contributed by atoms with E-state index in [2.05, 4.69) is 58.5 Å². The van der Waals surface area contributed by atoms with Crippen molar-refractivity contribution < 1.29 is 92.2 Å². The third-order valence-electron chi connectivity index (χ3n) is 17.3. The number of guanidine groups is 1. The number of cyclic esters (lactones) is 1. The molecule has 2 aliphatic rings. The summed E-state index contributed by atoms with van der Waals surface area (Å²) in [6.45, 7) is 13.1. The number of amides is 12. The number of primary amides is 1. The monoisotopic (exact) mass is 1450 g/mol. The number of nitrogens with two attached hydrogens (primary N) is 2. The molecule has 12 amide bonds. The quantitative estimate of drug-likeness (QED) is 0.0223. The summed E-state index contributed by atoms with van der Waals surface area (Å²) in [6.07, 6.45) is -5.43. The van der Waals surface area contributed by atoms with E-state index in [4.69, 9.17) is 26.4 Å². The molecule has 572 valence electrons. The average molecular weight is 1450 g/mol. The second-order valence-electron chi connectivity index (χ2n) is 27.9. The topological polar surface area (TPSA) is 542 Å². The van der Waals surface area contributed by atoms with Gasteiger partial charge in [-0.15, -0.1) is 0 Å². The van der Waals surface area contributed by atoms with Crippen molar-refractivity contribution in [1.82, 2.24) is 63.8 Å². The number of benzene rings is 2. The van der Waals surface area contributed by atoms with Crippen molar-refractivity contribution in [3.63, 3.8) is 0 Å². The number of carbonyl (C=O) groups excluding carboxylic acids is 13. The molecule has 2 fully saturated rings. The van der Waals surface area contributed by atoms with E-state index in [0.29, 0.717) is 5.56 Å². The molecule has 0 bridgehead atoms. The zero-order chi connectivity index (χ0) is 77.0. The summed E-state index contributed by atoms with van der Waals surface area (Å²) in [5.41, 5.74) is 10.3. The molecule has 34 nitrogen and oxygen atoms in total. The summed E-state index contributed by atoms with van der Waals surface area (Å²) >= 11 is 0. The van der Waals surface area contributed by atoms with Crippen molar-refractivity contribution in [2.45, 2.75) is 230 Å². The SMILES string of the molecule is CC[C@H](C)[C@@H]1NC(=O)[C@@H](CCCNC(=N)N)NC(=O)[C@H](CC(C)C)NC(=O)[C@H]([C@H](O)C(C)C)NC(=O)[C@@H](NC(=O)[C@H](Cc2ccccc2)NC(=O)[C@H](CC2CCCCC2)NC(=O)OC(C)(C)C)[C@@H](c2ccccc2)OC(=O)[C@H](CO)NC(=O)[C@H]([C@H](O)C(N)=O)NC(=O)CNC(=O)[C@H]([C@H](C)O)NC1=O. The summed E-state index contributed by atoms with van der Waals surface area (Å²) in [7, 11) is 0. The Balaban J connectivity index is 2.03. The molecule has 15 atom stereocenters. The van der Waals surface area contributed by atoms with E-state index in [1.807, 2.05) is 5.32 Å². The highest BCUT2D eigenvalue weighted by Gasteiger charge is 2.44. The molecule has 0 unspecified atom stereocenters. The molecule has 1 heterocycles. The molecular formula is C69H107N15O19. The summed E-state index contributed by atoms with van der Waals surface area (Å²) in [5, 5.41) is 81.9. The Labute approximate surface area is 599 Å². The highest BCUT2D eigenvalue weighted by atomic mass is 16.6. The zero-order valence-electron chi connectivity index (χ0n) is 60.1. The predicted molar refractivity (Wildman–Crippen MR) is 373 cm³/mol. The Morgan fingerprint density at radius 1 is 0.650 bits per heavy atom. The number of aliphatic hydroxyl groups excluding tert-OH is 4. The van der Waals surface area contributed by atoms with Gasteiger partial charge >= 0.3 is 12.1 Å². The van der Waals surface area contributed by atoms with Gasteiger partial charge in [0.05, 0.1) is 25.4 Å². The molecule has 2 aromatic rings. The number of rotatable bonds is 24. The minimum absolute atomic E-state index is 0.00202. The van der Waals surface area contributed by atoms with E-state index in [0.717, 1.165) is 39.0 Å². The number of ether oxygens (including phenoxy) is 2. The number of hydrogen-bond acceptors (Lipinski definition) is 20. The standard InChI is InChI=1S/C69H107N15O19/c1-11-37(6)48-62(96)82-49(38(7)86)61(95)74-33-47(87)80-51(54(89)56(70)90)64(98)78-46(34-85)66(100)102-55(41-26-19-14-20-27-41)52(65(99)83-50(53(88)36(4)5)63(97)77-43(30-35(2)3)58(92)75-42(57(91)81-48)28-21-29-73-67(71)72)84-60(94)44(31-39-22-15-12-16-23-39)76-59(93)45(32-40-24-17-13-18-25-40)79-68(101)103-69(8,9)10/h12,14-16,19-20,22-23,26-27,35-38,40,42-46,48-55,85-86,88-89H,11,13,17-18,21,24-25,28-34H2,1-10H3,(H2,70,90)(H,74,95)(H,75,92)(H,76,93)(H,77,97)(H,78,98)(H,79,101)(H,80,87)(H,81,91)(H,82,96)(H,83,99)(H,84,94)(H4,71,72,73)/t37-,38-,42+,43-,44-,45-,46-,48-,49-,50-,51-,52-,53+,54-,55+/m0/s1. The fourth-order valence-corrected chi connectivity index (χ4v) is 11.4. The largest absolute Gasteiger partial charge is 0.453 e. The first-order valence-corrected chi connectivity index (χ1v) is 34.8. The first kappa shape index (κ1) is 85.9. The van der Waals surface area contributed by atoms with Crippen molar-refractivity contribution in [3.05, 3.63) is 71.8 Å². The van der Waals surface area contributed by atoms with Crippen LogP contribution in [0.4, 0.5) is 4.79 Å². The number of esters is 1. The number of carbonyl (C=O) groups is 13. The van der Waals surface area contributed by atoms with Crippen LogP contribution in [0.15, 0.2) is 60.7 Å². The maximum absolute atomic E-state index is 15.8. The molecule has 1 saturated carbocycles. The third-order valence-corrected chi connectivity index (χ3v) is 17.3. The minimum Gasteiger partial charge on any atom is -0.453 e. The predicted octanol–water partition coefficient (Wildman–Crippen LogP) is -2.54. The number of aliphatic hydroxyl groups is 4. The Kier molecular flexibility index (Phi) is 34.6. The lowest BCUT2D eigenvalue weighted by molar-refractivity contribution is -0.159. The summed E-state index contributed by atoms with van der Waals surface area (Å²) in [4.78, 5) is 187. The van der Waals surface area contributed by atoms with Crippen LogP contribution >= 0.6 is 0 Å². The Bertz CT molecular complexity index is 3220. The van der Waals surface area contributed by atoms with Crippen LogP contribution in [-0.4, -0.2) is 207 Å². The minimum atomic E-state index is -2.61. The van der Waals surface area contributed by atoms with Gasteiger partial charge in [0.2, 0.25) is 65.0 Å². The van der Waals surface area contributed by atoms with Gasteiger partial charge in [0.1, 0.15) is 60.0 Å². The van der Waals surface area contributed by atoms with Gasteiger partial charge < -0.3 is 105 Å². The van der Waals surface area contributed by atoms with Gasteiger partial charge in [0.25, 0.3) is 0 Å². The van der Waals surface area contributed by atoms with Gasteiger partial charge in [-0.3, -0.25) is 58.1 Å². The molecule has 1 saturated heterocycles. The van der Waals surface area contributed by atoms with Crippen molar-refractivity contribution in [2.24, 2.45) is 35.1 Å². The molecule has 1 aliphatic carbocycles. The first-order valence-electron chi connectivity index (χ1n) is 34.8. The van der Waals surface area contributed by atoms with Crippen LogP contribution in [0.25, 0.3) is 0 Å². The second kappa shape index (κ2) is 41.5. The maximum atomic E-state index is 15.8. The number of nitrogens with one attached hydrogen (secondary N) is 13. The second-order valence-corrected chi connectivity index (χ2v) is 27.9. The van der Waals surface area contributed by atoms with Crippen molar-refractivity contribution in [3.8, 4) is 0 Å². The van der Waals surface area contributed by atoms with E-state index >= 15 is 14.4 Å². The van der Waals surface area contributed by atoms with Crippen LogP contribution in [-0.2, 0) is 73.4 Å². The highest BCUT2D eigenvalue weighted by Crippen LogP contribution is 2.29. The van der Waals surface area contributed by atoms with Gasteiger partial charge in [0, 0.05) is 13.0 Å². The lowest BCUT2D eigenvalue weighted by Gasteiger charge is -2.34. The van der Waals surface area contributed by atoms with E-state index in [1.165, 1.54) is 44.2 Å². The number of hydrogen-bond donors (Lipinski definition) is 19. The summed E-state index contributed by atoms with van der Waals surface area (Å²) in [5.74, 6) is -17.6. The van der Waals surface area contributed by atoms with Crippen LogP contribution in [0.1, 0.15) is 151 Å². The first-order chi connectivity index (χ1) is 48.4. The molecule has 0 aromatic heterocycles. The fraction of sp³-hybridized carbons (Fsp3) is 0.623. The van der Waals surface area contributed by atoms with Crippen molar-refractivity contribution in [1.29, 1.82) is 5.41 Å². The summed E-state index contributed by atoms with van der Waals surface area (Å²) in [6, 6.07) is -3.34. The molecular weight excluding hydrogens is 1340 g/mol. The van der Waals surface area contributed by atoms with Gasteiger partial charge in [-0.2, -0.15) is 0 Å². The normalized spacial score (nSPS) is 24.1. The molecule has 34 heteroatoms. The molecule has 0 radical (unpaired) electrons. The van der Waals surface area contributed by atoms with E-state index < -0.39 is 204 Å². The third kappa shape index (κ3) is 28.3. The smallest absolute Gasteiger partial charge is 0.408 e. The van der Waals surface area contributed by atoms with Crippen LogP contribution in [0, 0.1) is 29.1 Å². The van der Waals surface area contributed by atoms with Gasteiger partial charge in [-0.25, -0.2) is 9.59 Å². The van der Waals surface area contributed by atoms with Crippen molar-refractivity contribution >= 4 is 83.0 Å². The molecule has 2 aromatic carbocycles. The van der Waals surface area contributed by atoms with Crippen LogP contribution in [0.5, 0.6) is 0 Å². The average Bonchev–Trinajstić information content (AvgIpc) is 0.813. The highest BCUT2D eigenvalue weighted by molar-refractivity contribution is 6.00. The molecule has 103 heavy (non-hydrogen) atoms. The van der Waals surface area contributed by atoms with Gasteiger partial charge in [0.15, 0.2) is 24.2 Å². The van der Waals surface area contributed by atoms with Crippen LogP contribution < -0.4 is 75.3 Å². The molecule has 0 spiro atoms. The van der Waals surface area contributed by atoms with Crippen LogP contribution in [0.2, 0.25) is 0 Å². The Morgan fingerprint density at radius 3 is 1.78 bits per heavy atom. The maximum Gasteiger partial charge on any atom is 0.408 e. The van der Waals surface area contributed by atoms with Crippen molar-refractivity contribution in [2.75, 3.05) is 19.7 Å². The summed E-state index contributed by atoms with van der Waals surface area (Å²) < 4.78 is 11.6. The van der Waals surface area contributed by atoms with E-state index in [9.17, 15) is 68.4 Å². The van der Waals surface area contributed by atoms with E-state index in [-0.39, 0.29) is 56.6 Å². The molecule has 21 N–H and O–H groups in total. The van der Waals surface area contributed by atoms with Gasteiger partial charge in [-0.1, -0.05) is 141 Å². The number of alkyl carbamates (subject to hydrolysis) is 1. The van der Waals surface area contributed by atoms with E-state index in [1.54, 1.807) is 78.8 Å². The molecule has 1 aliphatic heterocycles. The van der Waals surface area contributed by atoms with Gasteiger partial charge in [-0.05, 0) is 88.2 Å². The fourth-order valence-electron chi connectivity index (χ4n) is 11.4. The molecule has 4 rings (SSSR count). The Morgan fingerprint density at radius 2 is 1.21 bits per heavy atom. The lowest BCUT2D eigenvalue weighted by atomic mass is 9.84. The Hall–Kier alpha value is -9.54. The zero-order valence-corrected chi connectivity index (χ0v) is 60.1. The van der Waals surface area contributed by atoms with Crippen LogP contribution in [0.3, 0.4) is 0 Å².